The number of hydrogen-bond donors (Lipinski definition) is 2. The number of anilines is 1. The van der Waals surface area contributed by atoms with Gasteiger partial charge in [0.15, 0.2) is 10.8 Å². The number of aromatic hydroxyl groups is 1. The molecule has 0 bridgehead atoms. The topological polar surface area (TPSA) is 84.2 Å². The van der Waals surface area contributed by atoms with E-state index in [1.54, 1.807) is 0 Å². The summed E-state index contributed by atoms with van der Waals surface area (Å²) in [7, 11) is 0. The number of nitrogens with one attached hydrogen (secondary N) is 1. The summed E-state index contributed by atoms with van der Waals surface area (Å²) in [5, 5.41) is 12.2. The smallest absolute Gasteiger partial charge is 0.282 e. The molecule has 0 unspecified atom stereocenters. The van der Waals surface area contributed by atoms with Crippen molar-refractivity contribution in [3.63, 3.8) is 0 Å². The molecule has 6 nitrogen and oxygen atoms in total. The third kappa shape index (κ3) is 1.70. The van der Waals surface area contributed by atoms with Crippen LogP contribution in [0.3, 0.4) is 0 Å². The number of aromatic nitrogens is 2. The zero-order chi connectivity index (χ0) is 11.0. The molecule has 15 heavy (non-hydrogen) atoms. The normalized spacial score (nSPS) is 13.7. The Balaban J connectivity index is 2.56. The molecule has 2 heterocycles. The summed E-state index contributed by atoms with van der Waals surface area (Å²) < 4.78 is 1.44. The van der Waals surface area contributed by atoms with Crippen LogP contribution in [0.4, 0.5) is 5.69 Å². The molecule has 0 aliphatic carbocycles. The Kier molecular flexibility index (Phi) is 2.39. The predicted octanol–water partition coefficient (Wildman–Crippen LogP) is 0.0130. The fourth-order valence-electron chi connectivity index (χ4n) is 1.35. The van der Waals surface area contributed by atoms with E-state index in [1.165, 1.54) is 23.3 Å². The van der Waals surface area contributed by atoms with E-state index in [0.717, 1.165) is 5.75 Å². The maximum atomic E-state index is 11.8. The van der Waals surface area contributed by atoms with Crippen LogP contribution in [0.5, 0.6) is 5.88 Å². The first-order valence-corrected chi connectivity index (χ1v) is 5.32. The SMILES string of the molecule is CC(=O)Nc1c(O)nc2n(c1=O)CCS2. The van der Waals surface area contributed by atoms with Gasteiger partial charge in [-0.2, -0.15) is 4.98 Å². The average Bonchev–Trinajstić information content (AvgIpc) is 2.59. The number of thioether (sulfide) groups is 1. The molecule has 0 saturated carbocycles. The van der Waals surface area contributed by atoms with Crippen LogP contribution < -0.4 is 10.9 Å². The molecule has 1 aliphatic rings. The van der Waals surface area contributed by atoms with E-state index in [1.807, 2.05) is 0 Å². The van der Waals surface area contributed by atoms with E-state index in [2.05, 4.69) is 10.3 Å². The van der Waals surface area contributed by atoms with Crippen molar-refractivity contribution in [1.82, 2.24) is 9.55 Å². The van der Waals surface area contributed by atoms with Crippen LogP contribution in [0.15, 0.2) is 9.95 Å². The van der Waals surface area contributed by atoms with Crippen molar-refractivity contribution in [2.24, 2.45) is 0 Å². The van der Waals surface area contributed by atoms with Crippen molar-refractivity contribution in [2.45, 2.75) is 18.6 Å². The van der Waals surface area contributed by atoms with Crippen LogP contribution in [0.2, 0.25) is 0 Å². The highest BCUT2D eigenvalue weighted by atomic mass is 32.2. The molecule has 0 radical (unpaired) electrons. The van der Waals surface area contributed by atoms with Gasteiger partial charge >= 0.3 is 0 Å². The van der Waals surface area contributed by atoms with Gasteiger partial charge < -0.3 is 10.4 Å². The van der Waals surface area contributed by atoms with Crippen LogP contribution in [0.1, 0.15) is 6.92 Å². The van der Waals surface area contributed by atoms with Crippen molar-refractivity contribution in [2.75, 3.05) is 11.1 Å². The zero-order valence-electron chi connectivity index (χ0n) is 7.98. The van der Waals surface area contributed by atoms with Gasteiger partial charge in [-0.05, 0) is 0 Å². The van der Waals surface area contributed by atoms with E-state index in [-0.39, 0.29) is 5.69 Å². The molecule has 1 aromatic rings. The summed E-state index contributed by atoms with van der Waals surface area (Å²) in [6, 6.07) is 0. The van der Waals surface area contributed by atoms with Crippen LogP contribution in [-0.2, 0) is 11.3 Å². The molecule has 1 aliphatic heterocycles. The number of fused-ring (bicyclic) bond motifs is 1. The maximum absolute atomic E-state index is 11.8. The molecule has 1 amide bonds. The summed E-state index contributed by atoms with van der Waals surface area (Å²) in [5.74, 6) is -0.0724. The highest BCUT2D eigenvalue weighted by molar-refractivity contribution is 7.99. The van der Waals surface area contributed by atoms with E-state index in [9.17, 15) is 14.7 Å². The summed E-state index contributed by atoms with van der Waals surface area (Å²) in [6.07, 6.45) is 0. The molecule has 0 atom stereocenters. The number of rotatable bonds is 1. The quantitative estimate of drug-likeness (QED) is 0.660. The van der Waals surface area contributed by atoms with Gasteiger partial charge in [0.2, 0.25) is 11.8 Å². The fourth-order valence-corrected chi connectivity index (χ4v) is 2.28. The Labute approximate surface area is 89.3 Å². The van der Waals surface area contributed by atoms with Crippen LogP contribution in [0.25, 0.3) is 0 Å². The minimum atomic E-state index is -0.421. The Morgan fingerprint density at radius 3 is 3.07 bits per heavy atom. The lowest BCUT2D eigenvalue weighted by molar-refractivity contribution is -0.114. The largest absolute Gasteiger partial charge is 0.492 e. The molecule has 0 saturated heterocycles. The van der Waals surface area contributed by atoms with Gasteiger partial charge in [0.05, 0.1) is 0 Å². The lowest BCUT2D eigenvalue weighted by Gasteiger charge is -2.07. The molecule has 7 heteroatoms. The first kappa shape index (κ1) is 10.0. The van der Waals surface area contributed by atoms with Crippen molar-refractivity contribution in [1.29, 1.82) is 0 Å². The number of carbonyl (C=O) groups is 1. The van der Waals surface area contributed by atoms with Gasteiger partial charge in [-0.1, -0.05) is 11.8 Å². The van der Waals surface area contributed by atoms with Gasteiger partial charge in [-0.25, -0.2) is 0 Å². The Morgan fingerprint density at radius 2 is 2.40 bits per heavy atom. The Morgan fingerprint density at radius 1 is 1.67 bits per heavy atom. The van der Waals surface area contributed by atoms with Crippen molar-refractivity contribution >= 4 is 23.4 Å². The molecular formula is C8H9N3O3S. The summed E-state index contributed by atoms with van der Waals surface area (Å²) >= 11 is 1.40. The molecule has 1 aromatic heterocycles. The monoisotopic (exact) mass is 227 g/mol. The highest BCUT2D eigenvalue weighted by Crippen LogP contribution is 2.26. The molecule has 0 fully saturated rings. The van der Waals surface area contributed by atoms with Crippen molar-refractivity contribution in [3.05, 3.63) is 10.4 Å². The number of hydrogen-bond acceptors (Lipinski definition) is 5. The van der Waals surface area contributed by atoms with E-state index in [4.69, 9.17) is 0 Å². The lowest BCUT2D eigenvalue weighted by atomic mass is 10.4. The Bertz CT molecular complexity index is 483. The number of nitrogens with zero attached hydrogens (tertiary/aromatic N) is 2. The molecule has 0 aromatic carbocycles. The standard InChI is InChI=1S/C8H9N3O3S/c1-4(12)9-5-6(13)10-8-11(7(5)14)2-3-15-8/h13H,2-3H2,1H3,(H,9,12). The molecular weight excluding hydrogens is 218 g/mol. The molecule has 0 spiro atoms. The van der Waals surface area contributed by atoms with Gasteiger partial charge in [-0.15, -0.1) is 0 Å². The molecule has 2 rings (SSSR count). The van der Waals surface area contributed by atoms with E-state index < -0.39 is 17.3 Å². The molecule has 2 N–H and O–H groups in total. The van der Waals surface area contributed by atoms with Crippen molar-refractivity contribution in [3.8, 4) is 5.88 Å². The second kappa shape index (κ2) is 3.58. The van der Waals surface area contributed by atoms with Gasteiger partial charge in [0.25, 0.3) is 5.56 Å². The fraction of sp³-hybridized carbons (Fsp3) is 0.375. The minimum Gasteiger partial charge on any atom is -0.492 e. The van der Waals surface area contributed by atoms with E-state index in [0.29, 0.717) is 11.7 Å². The minimum absolute atomic E-state index is 0.145. The van der Waals surface area contributed by atoms with Gasteiger partial charge in [0, 0.05) is 19.2 Å². The second-order valence-electron chi connectivity index (χ2n) is 3.08. The lowest BCUT2D eigenvalue weighted by Crippen LogP contribution is -2.25. The second-order valence-corrected chi connectivity index (χ2v) is 4.14. The molecule has 80 valence electrons. The average molecular weight is 227 g/mol. The maximum Gasteiger partial charge on any atom is 0.282 e. The summed E-state index contributed by atoms with van der Waals surface area (Å²) in [6.45, 7) is 1.82. The number of carbonyl (C=O) groups excluding carboxylic acids is 1. The number of amides is 1. The third-order valence-corrected chi connectivity index (χ3v) is 2.92. The van der Waals surface area contributed by atoms with Crippen LogP contribution in [0, 0.1) is 0 Å². The Hall–Kier alpha value is -1.50. The first-order valence-electron chi connectivity index (χ1n) is 4.34. The van der Waals surface area contributed by atoms with Gasteiger partial charge in [-0.3, -0.25) is 14.2 Å². The van der Waals surface area contributed by atoms with Crippen LogP contribution >= 0.6 is 11.8 Å². The first-order chi connectivity index (χ1) is 7.09. The van der Waals surface area contributed by atoms with Crippen LogP contribution in [-0.4, -0.2) is 26.3 Å². The van der Waals surface area contributed by atoms with Crippen molar-refractivity contribution < 1.29 is 9.90 Å². The third-order valence-electron chi connectivity index (χ3n) is 1.96. The highest BCUT2D eigenvalue weighted by Gasteiger charge is 2.20. The van der Waals surface area contributed by atoms with Gasteiger partial charge in [0.1, 0.15) is 0 Å². The van der Waals surface area contributed by atoms with E-state index >= 15 is 0 Å². The summed E-state index contributed by atoms with van der Waals surface area (Å²) in [4.78, 5) is 26.4. The zero-order valence-corrected chi connectivity index (χ0v) is 8.80. The summed E-state index contributed by atoms with van der Waals surface area (Å²) in [5.41, 5.74) is -0.550. The predicted molar refractivity (Wildman–Crippen MR) is 55.2 cm³/mol.